The van der Waals surface area contributed by atoms with Crippen LogP contribution in [0.4, 0.5) is 10.1 Å². The topological polar surface area (TPSA) is 66.8 Å². The number of ketones is 1. The second-order valence-corrected chi connectivity index (χ2v) is 7.28. The fraction of sp³-hybridized carbons (Fsp3) is 0.120. The maximum Gasteiger partial charge on any atom is 0.300 e. The van der Waals surface area contributed by atoms with Gasteiger partial charge in [-0.2, -0.15) is 0 Å². The monoisotopic (exact) mass is 417 g/mol. The number of nitrogens with zero attached hydrogens (tertiary/aromatic N) is 1. The van der Waals surface area contributed by atoms with Crippen LogP contribution in [0.25, 0.3) is 5.76 Å². The first-order chi connectivity index (χ1) is 14.9. The van der Waals surface area contributed by atoms with E-state index in [0.29, 0.717) is 22.6 Å². The summed E-state index contributed by atoms with van der Waals surface area (Å²) >= 11 is 0. The number of Topliss-reactive ketones (excluding diaryl/α,β-unsaturated/α-hetero) is 1. The van der Waals surface area contributed by atoms with Crippen LogP contribution in [-0.4, -0.2) is 23.9 Å². The van der Waals surface area contributed by atoms with Crippen molar-refractivity contribution in [2.24, 2.45) is 0 Å². The van der Waals surface area contributed by atoms with E-state index in [4.69, 9.17) is 4.74 Å². The van der Waals surface area contributed by atoms with E-state index in [1.165, 1.54) is 36.3 Å². The maximum atomic E-state index is 13.5. The predicted molar refractivity (Wildman–Crippen MR) is 115 cm³/mol. The Bertz CT molecular complexity index is 1170. The Morgan fingerprint density at radius 2 is 1.55 bits per heavy atom. The molecule has 0 spiro atoms. The van der Waals surface area contributed by atoms with Gasteiger partial charge in [0.15, 0.2) is 0 Å². The van der Waals surface area contributed by atoms with Crippen molar-refractivity contribution in [1.82, 2.24) is 0 Å². The highest BCUT2D eigenvalue weighted by Gasteiger charge is 2.46. The van der Waals surface area contributed by atoms with Gasteiger partial charge in [0.1, 0.15) is 17.3 Å². The summed E-state index contributed by atoms with van der Waals surface area (Å²) in [6, 6.07) is 18.3. The number of aliphatic hydroxyl groups excluding tert-OH is 1. The molecule has 1 aliphatic heterocycles. The highest BCUT2D eigenvalue weighted by Crippen LogP contribution is 2.42. The van der Waals surface area contributed by atoms with Crippen molar-refractivity contribution in [3.63, 3.8) is 0 Å². The van der Waals surface area contributed by atoms with Gasteiger partial charge in [-0.15, -0.1) is 0 Å². The first-order valence-electron chi connectivity index (χ1n) is 9.68. The summed E-state index contributed by atoms with van der Waals surface area (Å²) in [7, 11) is 1.54. The molecule has 1 saturated heterocycles. The van der Waals surface area contributed by atoms with Crippen LogP contribution < -0.4 is 9.64 Å². The van der Waals surface area contributed by atoms with Gasteiger partial charge in [0.05, 0.1) is 18.7 Å². The smallest absolute Gasteiger partial charge is 0.300 e. The lowest BCUT2D eigenvalue weighted by atomic mass is 9.95. The summed E-state index contributed by atoms with van der Waals surface area (Å²) in [6.45, 7) is 1.91. The number of halogens is 1. The van der Waals surface area contributed by atoms with E-state index in [2.05, 4.69) is 0 Å². The molecule has 0 bridgehead atoms. The summed E-state index contributed by atoms with van der Waals surface area (Å²) in [5.74, 6) is -1.70. The van der Waals surface area contributed by atoms with E-state index in [1.807, 2.05) is 19.1 Å². The number of aliphatic hydroxyl groups is 1. The Kier molecular flexibility index (Phi) is 5.29. The minimum atomic E-state index is -0.877. The first kappa shape index (κ1) is 20.3. The summed E-state index contributed by atoms with van der Waals surface area (Å²) in [6.07, 6.45) is 0. The summed E-state index contributed by atoms with van der Waals surface area (Å²) in [5.41, 5.74) is 2.37. The molecule has 0 aliphatic carbocycles. The average Bonchev–Trinajstić information content (AvgIpc) is 3.05. The molecule has 0 unspecified atom stereocenters. The van der Waals surface area contributed by atoms with Crippen molar-refractivity contribution in [3.8, 4) is 5.75 Å². The number of methoxy groups -OCH3 is 1. The number of carbonyl (C=O) groups excluding carboxylic acids is 2. The SMILES string of the molecule is COc1ccc([C@@H]2/C(=C(\O)c3ccc(C)cc3)C(=O)C(=O)N2c2ccc(F)cc2)cc1. The van der Waals surface area contributed by atoms with E-state index in [1.54, 1.807) is 36.4 Å². The zero-order chi connectivity index (χ0) is 22.1. The summed E-state index contributed by atoms with van der Waals surface area (Å²) in [5, 5.41) is 11.0. The number of carbonyl (C=O) groups is 2. The fourth-order valence-electron chi connectivity index (χ4n) is 3.67. The van der Waals surface area contributed by atoms with Crippen molar-refractivity contribution in [2.45, 2.75) is 13.0 Å². The van der Waals surface area contributed by atoms with Crippen molar-refractivity contribution < 1.29 is 23.8 Å². The van der Waals surface area contributed by atoms with E-state index in [-0.39, 0.29) is 11.3 Å². The predicted octanol–water partition coefficient (Wildman–Crippen LogP) is 4.77. The van der Waals surface area contributed by atoms with Gasteiger partial charge in [-0.3, -0.25) is 14.5 Å². The molecule has 3 aromatic carbocycles. The number of benzene rings is 3. The van der Waals surface area contributed by atoms with Crippen LogP contribution in [0.5, 0.6) is 5.75 Å². The lowest BCUT2D eigenvalue weighted by Crippen LogP contribution is -2.29. The Balaban J connectivity index is 1.92. The van der Waals surface area contributed by atoms with Gasteiger partial charge in [-0.25, -0.2) is 4.39 Å². The fourth-order valence-corrected chi connectivity index (χ4v) is 3.67. The lowest BCUT2D eigenvalue weighted by molar-refractivity contribution is -0.132. The minimum absolute atomic E-state index is 0.0247. The normalized spacial score (nSPS) is 17.8. The molecular formula is C25H20FNO4. The second-order valence-electron chi connectivity index (χ2n) is 7.28. The van der Waals surface area contributed by atoms with Crippen molar-refractivity contribution >= 4 is 23.1 Å². The van der Waals surface area contributed by atoms with Gasteiger partial charge in [-0.05, 0) is 48.9 Å². The molecule has 1 aliphatic rings. The summed E-state index contributed by atoms with van der Waals surface area (Å²) < 4.78 is 18.7. The highest BCUT2D eigenvalue weighted by molar-refractivity contribution is 6.51. The van der Waals surface area contributed by atoms with E-state index in [0.717, 1.165) is 5.56 Å². The molecule has 6 heteroatoms. The van der Waals surface area contributed by atoms with Crippen LogP contribution in [0.2, 0.25) is 0 Å². The molecule has 1 amide bonds. The molecule has 1 atom stereocenters. The van der Waals surface area contributed by atoms with Crippen LogP contribution in [0.15, 0.2) is 78.4 Å². The van der Waals surface area contributed by atoms with Gasteiger partial charge in [0.2, 0.25) is 0 Å². The molecule has 4 rings (SSSR count). The van der Waals surface area contributed by atoms with Crippen LogP contribution in [0.3, 0.4) is 0 Å². The highest BCUT2D eigenvalue weighted by atomic mass is 19.1. The third-order valence-electron chi connectivity index (χ3n) is 5.31. The Morgan fingerprint density at radius 1 is 0.935 bits per heavy atom. The largest absolute Gasteiger partial charge is 0.507 e. The molecular weight excluding hydrogens is 397 g/mol. The van der Waals surface area contributed by atoms with Crippen LogP contribution in [0, 0.1) is 12.7 Å². The second kappa shape index (κ2) is 8.07. The van der Waals surface area contributed by atoms with Crippen LogP contribution in [0.1, 0.15) is 22.7 Å². The van der Waals surface area contributed by atoms with Crippen molar-refractivity contribution in [1.29, 1.82) is 0 Å². The zero-order valence-electron chi connectivity index (χ0n) is 17.0. The molecule has 1 heterocycles. The van der Waals surface area contributed by atoms with E-state index in [9.17, 15) is 19.1 Å². The lowest BCUT2D eigenvalue weighted by Gasteiger charge is -2.25. The van der Waals surface area contributed by atoms with Gasteiger partial charge < -0.3 is 9.84 Å². The summed E-state index contributed by atoms with van der Waals surface area (Å²) in [4.78, 5) is 27.3. The van der Waals surface area contributed by atoms with Crippen LogP contribution >= 0.6 is 0 Å². The maximum absolute atomic E-state index is 13.5. The van der Waals surface area contributed by atoms with Crippen LogP contribution in [-0.2, 0) is 9.59 Å². The van der Waals surface area contributed by atoms with Gasteiger partial charge in [-0.1, -0.05) is 42.0 Å². The third kappa shape index (κ3) is 3.68. The number of hydrogen-bond donors (Lipinski definition) is 1. The van der Waals surface area contributed by atoms with E-state index >= 15 is 0 Å². The van der Waals surface area contributed by atoms with Crippen molar-refractivity contribution in [3.05, 3.63) is 101 Å². The molecule has 31 heavy (non-hydrogen) atoms. The molecule has 5 nitrogen and oxygen atoms in total. The Labute approximate surface area is 179 Å². The van der Waals surface area contributed by atoms with Crippen molar-refractivity contribution in [2.75, 3.05) is 12.0 Å². The zero-order valence-corrected chi connectivity index (χ0v) is 17.0. The number of rotatable bonds is 4. The molecule has 0 aromatic heterocycles. The van der Waals surface area contributed by atoms with E-state index < -0.39 is 23.5 Å². The number of ether oxygens (including phenoxy) is 1. The molecule has 1 fully saturated rings. The number of aryl methyl sites for hydroxylation is 1. The van der Waals surface area contributed by atoms with Gasteiger partial charge in [0, 0.05) is 11.3 Å². The molecule has 0 radical (unpaired) electrons. The van der Waals surface area contributed by atoms with Gasteiger partial charge in [0.25, 0.3) is 11.7 Å². The Morgan fingerprint density at radius 3 is 2.13 bits per heavy atom. The molecule has 0 saturated carbocycles. The Hall–Kier alpha value is -3.93. The molecule has 3 aromatic rings. The van der Waals surface area contributed by atoms with Gasteiger partial charge >= 0.3 is 0 Å². The minimum Gasteiger partial charge on any atom is -0.507 e. The number of hydrogen-bond acceptors (Lipinski definition) is 4. The average molecular weight is 417 g/mol. The standard InChI is InChI=1S/C25H20FNO4/c1-15-3-5-17(6-4-15)23(28)21-22(16-7-13-20(31-2)14-8-16)27(25(30)24(21)29)19-11-9-18(26)10-12-19/h3-14,22,28H,1-2H3/b23-21+/t22-/m1/s1. The third-order valence-corrected chi connectivity index (χ3v) is 5.31. The number of anilines is 1. The number of amides is 1. The molecule has 156 valence electrons. The molecule has 1 N–H and O–H groups in total. The quantitative estimate of drug-likeness (QED) is 0.377. The first-order valence-corrected chi connectivity index (χ1v) is 9.68.